The molecule has 2 amide bonds. The van der Waals surface area contributed by atoms with Gasteiger partial charge in [0, 0.05) is 38.8 Å². The Labute approximate surface area is 188 Å². The van der Waals surface area contributed by atoms with Gasteiger partial charge in [-0.15, -0.1) is 0 Å². The molecule has 32 heavy (non-hydrogen) atoms. The van der Waals surface area contributed by atoms with E-state index in [0.717, 1.165) is 31.6 Å². The summed E-state index contributed by atoms with van der Waals surface area (Å²) in [4.78, 5) is 34.7. The Morgan fingerprint density at radius 3 is 2.56 bits per heavy atom. The summed E-state index contributed by atoms with van der Waals surface area (Å²) in [5.74, 6) is 0.325. The van der Waals surface area contributed by atoms with Crippen molar-refractivity contribution in [1.82, 2.24) is 24.9 Å². The van der Waals surface area contributed by atoms with Crippen LogP contribution >= 0.6 is 0 Å². The second kappa shape index (κ2) is 9.12. The molecule has 0 atom stereocenters. The first kappa shape index (κ1) is 22.0. The lowest BCUT2D eigenvalue weighted by Crippen LogP contribution is -2.47. The number of carbonyl (C=O) groups excluding carboxylic acids is 2. The van der Waals surface area contributed by atoms with Crippen molar-refractivity contribution >= 4 is 23.3 Å². The molecule has 3 heterocycles. The van der Waals surface area contributed by atoms with Crippen LogP contribution in [0.1, 0.15) is 52.4 Å². The van der Waals surface area contributed by atoms with Gasteiger partial charge in [0.25, 0.3) is 5.91 Å². The number of amides is 2. The van der Waals surface area contributed by atoms with Crippen molar-refractivity contribution in [2.24, 2.45) is 12.0 Å². The summed E-state index contributed by atoms with van der Waals surface area (Å²) >= 11 is 0. The lowest BCUT2D eigenvalue weighted by molar-refractivity contribution is 0.0664. The minimum absolute atomic E-state index is 0.0427. The number of ether oxygens (including phenoxy) is 1. The Morgan fingerprint density at radius 2 is 1.88 bits per heavy atom. The topological polar surface area (TPSA) is 94.1 Å². The van der Waals surface area contributed by atoms with E-state index >= 15 is 0 Å². The van der Waals surface area contributed by atoms with Crippen molar-refractivity contribution in [3.05, 3.63) is 40.7 Å². The zero-order valence-corrected chi connectivity index (χ0v) is 19.1. The molecule has 0 bridgehead atoms. The van der Waals surface area contributed by atoms with E-state index in [-0.39, 0.29) is 17.4 Å². The fraction of sp³-hybridized carbons (Fsp3) is 0.478. The summed E-state index contributed by atoms with van der Waals surface area (Å²) in [5, 5.41) is 8.52. The number of aryl methyl sites for hydroxylation is 1. The fourth-order valence-electron chi connectivity index (χ4n) is 4.04. The molecule has 9 heteroatoms. The van der Waals surface area contributed by atoms with Gasteiger partial charge in [0.05, 0.1) is 17.9 Å². The van der Waals surface area contributed by atoms with Gasteiger partial charge in [0.2, 0.25) is 0 Å². The first-order valence-corrected chi connectivity index (χ1v) is 11.1. The Morgan fingerprint density at radius 1 is 1.12 bits per heavy atom. The number of aliphatic imine (C=N–C) groups is 1. The third-order valence-corrected chi connectivity index (χ3v) is 5.81. The lowest BCUT2D eigenvalue weighted by Gasteiger charge is -2.32. The van der Waals surface area contributed by atoms with Gasteiger partial charge in [-0.3, -0.25) is 14.3 Å². The average molecular weight is 438 g/mol. The van der Waals surface area contributed by atoms with Crippen LogP contribution in [0, 0.1) is 0 Å². The molecule has 1 fully saturated rings. The minimum atomic E-state index is -0.429. The second-order valence-electron chi connectivity index (χ2n) is 8.11. The Bertz CT molecular complexity index is 1070. The van der Waals surface area contributed by atoms with E-state index in [1.165, 1.54) is 0 Å². The zero-order valence-electron chi connectivity index (χ0n) is 19.1. The number of piperazine rings is 1. The van der Waals surface area contributed by atoms with Crippen LogP contribution in [-0.4, -0.2) is 77.1 Å². The van der Waals surface area contributed by atoms with Gasteiger partial charge in [0.15, 0.2) is 11.5 Å². The average Bonchev–Trinajstić information content (AvgIpc) is 3.10. The monoisotopic (exact) mass is 437 g/mol. The Kier molecular flexibility index (Phi) is 6.27. The van der Waals surface area contributed by atoms with Crippen LogP contribution < -0.4 is 10.1 Å². The highest BCUT2D eigenvalue weighted by Crippen LogP contribution is 2.31. The maximum Gasteiger partial charge on any atom is 0.301 e. The Balaban J connectivity index is 1.74. The normalized spacial score (nSPS) is 16.4. The van der Waals surface area contributed by atoms with Crippen molar-refractivity contribution in [2.45, 2.75) is 26.7 Å². The summed E-state index contributed by atoms with van der Waals surface area (Å²) in [6.45, 7) is 7.45. The highest BCUT2D eigenvalue weighted by Gasteiger charge is 2.31. The van der Waals surface area contributed by atoms with Crippen LogP contribution in [0.25, 0.3) is 0 Å². The van der Waals surface area contributed by atoms with Crippen molar-refractivity contribution in [1.29, 1.82) is 0 Å². The standard InChI is InChI=1S/C23H29N6O3/c1-5-7-17-19-20(26-28(17)4)22(30)25-21(24-19)16-14-15(8-9-18(16)32-6-2)23(31)29-12-10-27(3)11-13-29/h8-9,14H,5-7,10-13H2,1-4H3. The van der Waals surface area contributed by atoms with E-state index in [1.54, 1.807) is 22.9 Å². The first-order chi connectivity index (χ1) is 15.4. The summed E-state index contributed by atoms with van der Waals surface area (Å²) < 4.78 is 7.49. The van der Waals surface area contributed by atoms with E-state index in [9.17, 15) is 9.59 Å². The fourth-order valence-corrected chi connectivity index (χ4v) is 4.04. The van der Waals surface area contributed by atoms with E-state index in [0.29, 0.717) is 42.3 Å². The summed E-state index contributed by atoms with van der Waals surface area (Å²) in [7, 11) is 3.86. The molecule has 4 rings (SSSR count). The molecule has 0 spiro atoms. The van der Waals surface area contributed by atoms with E-state index < -0.39 is 5.91 Å². The third kappa shape index (κ3) is 4.12. The number of fused-ring (bicyclic) bond motifs is 1. The summed E-state index contributed by atoms with van der Waals surface area (Å²) in [6, 6.07) is 5.26. The predicted molar refractivity (Wildman–Crippen MR) is 121 cm³/mol. The van der Waals surface area contributed by atoms with Crippen LogP contribution in [0.3, 0.4) is 0 Å². The van der Waals surface area contributed by atoms with Gasteiger partial charge in [-0.2, -0.15) is 10.4 Å². The van der Waals surface area contributed by atoms with Crippen molar-refractivity contribution in [2.75, 3.05) is 39.8 Å². The van der Waals surface area contributed by atoms with Crippen LogP contribution in [0.15, 0.2) is 23.2 Å². The number of carbonyl (C=O) groups is 2. The van der Waals surface area contributed by atoms with Gasteiger partial charge in [-0.05, 0) is 38.6 Å². The molecule has 1 radical (unpaired) electrons. The van der Waals surface area contributed by atoms with Crippen LogP contribution in [0.4, 0.5) is 5.69 Å². The minimum Gasteiger partial charge on any atom is -0.493 e. The van der Waals surface area contributed by atoms with Gasteiger partial charge in [-0.1, -0.05) is 13.3 Å². The number of rotatable bonds is 6. The molecule has 0 unspecified atom stereocenters. The molecular formula is C23H29N6O3. The number of aromatic nitrogens is 2. The lowest BCUT2D eigenvalue weighted by atomic mass is 10.1. The number of hydrogen-bond donors (Lipinski definition) is 0. The highest BCUT2D eigenvalue weighted by atomic mass is 16.5. The molecule has 1 saturated heterocycles. The summed E-state index contributed by atoms with van der Waals surface area (Å²) in [6.07, 6.45) is 1.66. The molecule has 1 aromatic carbocycles. The van der Waals surface area contributed by atoms with Crippen LogP contribution in [0.5, 0.6) is 5.75 Å². The van der Waals surface area contributed by atoms with E-state index in [1.807, 2.05) is 18.9 Å². The number of nitrogens with zero attached hydrogens (tertiary/aromatic N) is 6. The van der Waals surface area contributed by atoms with Gasteiger partial charge in [-0.25, -0.2) is 4.99 Å². The number of likely N-dealkylation sites (N-methyl/N-ethyl adjacent to an activating group) is 1. The van der Waals surface area contributed by atoms with Gasteiger partial charge < -0.3 is 14.5 Å². The molecule has 9 nitrogen and oxygen atoms in total. The van der Waals surface area contributed by atoms with Gasteiger partial charge in [0.1, 0.15) is 11.4 Å². The van der Waals surface area contributed by atoms with Crippen molar-refractivity contribution in [3.8, 4) is 5.75 Å². The number of benzene rings is 1. The quantitative estimate of drug-likeness (QED) is 0.689. The van der Waals surface area contributed by atoms with Gasteiger partial charge >= 0.3 is 5.91 Å². The van der Waals surface area contributed by atoms with Crippen molar-refractivity contribution in [3.63, 3.8) is 0 Å². The highest BCUT2D eigenvalue weighted by molar-refractivity contribution is 6.18. The molecule has 0 saturated carbocycles. The molecule has 169 valence electrons. The SMILES string of the molecule is CCCc1c2c(nn1C)C(=O)[N]C(c1cc(C(=O)N3CCN(C)CC3)ccc1OCC)=N2. The molecular weight excluding hydrogens is 408 g/mol. The summed E-state index contributed by atoms with van der Waals surface area (Å²) in [5.41, 5.74) is 2.79. The smallest absolute Gasteiger partial charge is 0.301 e. The largest absolute Gasteiger partial charge is 0.493 e. The van der Waals surface area contributed by atoms with E-state index in [2.05, 4.69) is 29.3 Å². The maximum absolute atomic E-state index is 13.1. The van der Waals surface area contributed by atoms with Crippen LogP contribution in [-0.2, 0) is 13.5 Å². The molecule has 1 aromatic heterocycles. The predicted octanol–water partition coefficient (Wildman–Crippen LogP) is 2.00. The molecule has 2 aromatic rings. The molecule has 2 aliphatic rings. The van der Waals surface area contributed by atoms with Crippen molar-refractivity contribution < 1.29 is 14.3 Å². The zero-order chi connectivity index (χ0) is 22.8. The Hall–Kier alpha value is -3.20. The first-order valence-electron chi connectivity index (χ1n) is 11.1. The molecule has 2 aliphatic heterocycles. The number of hydrogen-bond acceptors (Lipinski definition) is 6. The molecule has 0 N–H and O–H groups in total. The number of amidine groups is 1. The maximum atomic E-state index is 13.1. The third-order valence-electron chi connectivity index (χ3n) is 5.81. The molecule has 0 aliphatic carbocycles. The van der Waals surface area contributed by atoms with Crippen LogP contribution in [0.2, 0.25) is 0 Å². The van der Waals surface area contributed by atoms with E-state index in [4.69, 9.17) is 9.73 Å². The second-order valence-corrected chi connectivity index (χ2v) is 8.11.